The Kier molecular flexibility index (Phi) is 5.53. The van der Waals surface area contributed by atoms with Crippen LogP contribution in [0.3, 0.4) is 0 Å². The maximum absolute atomic E-state index is 13.0. The van der Waals surface area contributed by atoms with Crippen LogP contribution < -0.4 is 4.72 Å². The molecule has 142 valence electrons. The summed E-state index contributed by atoms with van der Waals surface area (Å²) in [7, 11) is -3.59. The molecule has 1 aromatic heterocycles. The molecule has 0 spiro atoms. The van der Waals surface area contributed by atoms with Crippen LogP contribution in [0.5, 0.6) is 0 Å². The third kappa shape index (κ3) is 4.35. The van der Waals surface area contributed by atoms with Gasteiger partial charge in [0.2, 0.25) is 10.0 Å². The predicted octanol–water partition coefficient (Wildman–Crippen LogP) is 3.82. The monoisotopic (exact) mass is 375 g/mol. The first-order valence-electron chi connectivity index (χ1n) is 9.40. The topological polar surface area (TPSA) is 64.0 Å². The highest BCUT2D eigenvalue weighted by atomic mass is 32.2. The fraction of sp³-hybridized carbons (Fsp3) is 0.550. The lowest BCUT2D eigenvalue weighted by molar-refractivity contribution is 0.448. The zero-order chi connectivity index (χ0) is 18.8. The van der Waals surface area contributed by atoms with Crippen LogP contribution >= 0.6 is 0 Å². The second-order valence-corrected chi connectivity index (χ2v) is 9.88. The first-order chi connectivity index (χ1) is 12.3. The second kappa shape index (κ2) is 7.53. The minimum Gasteiger partial charge on any atom is -0.268 e. The van der Waals surface area contributed by atoms with Crippen molar-refractivity contribution in [3.8, 4) is 0 Å². The number of benzene rings is 1. The van der Waals surface area contributed by atoms with Crippen LogP contribution in [0, 0.1) is 0 Å². The van der Waals surface area contributed by atoms with Crippen LogP contribution in [0.4, 0.5) is 0 Å². The van der Waals surface area contributed by atoms with Crippen LogP contribution in [0.25, 0.3) is 0 Å². The summed E-state index contributed by atoms with van der Waals surface area (Å²) >= 11 is 0. The minimum atomic E-state index is -3.59. The first kappa shape index (κ1) is 19.1. The van der Waals surface area contributed by atoms with Crippen molar-refractivity contribution in [3.63, 3.8) is 0 Å². The van der Waals surface area contributed by atoms with Crippen LogP contribution in [0.1, 0.15) is 63.8 Å². The number of sulfonamides is 1. The first-order valence-corrected chi connectivity index (χ1v) is 10.9. The number of rotatable bonds is 6. The highest BCUT2D eigenvalue weighted by molar-refractivity contribution is 7.89. The van der Waals surface area contributed by atoms with Crippen molar-refractivity contribution >= 4 is 10.0 Å². The molecule has 1 heterocycles. The maximum Gasteiger partial charge on any atom is 0.244 e. The number of nitrogens with one attached hydrogen (secondary N) is 1. The fourth-order valence-corrected chi connectivity index (χ4v) is 4.87. The van der Waals surface area contributed by atoms with Crippen molar-refractivity contribution < 1.29 is 8.42 Å². The van der Waals surface area contributed by atoms with Gasteiger partial charge >= 0.3 is 0 Å². The van der Waals surface area contributed by atoms with E-state index in [1.807, 2.05) is 55.8 Å². The van der Waals surface area contributed by atoms with Gasteiger partial charge in [-0.05, 0) is 24.8 Å². The highest BCUT2D eigenvalue weighted by Crippen LogP contribution is 2.33. The molecule has 1 saturated carbocycles. The SMILES string of the molecule is CC(C)(C)c1nn(C2CCCC2)cc1S(=O)(=O)NCCc1ccccc1. The van der Waals surface area contributed by atoms with Crippen molar-refractivity contribution in [1.82, 2.24) is 14.5 Å². The molecule has 3 rings (SSSR count). The molecule has 0 atom stereocenters. The van der Waals surface area contributed by atoms with Gasteiger partial charge in [0.15, 0.2) is 0 Å². The molecule has 5 nitrogen and oxygen atoms in total. The Hall–Kier alpha value is -1.66. The molecule has 0 radical (unpaired) electrons. The molecule has 0 unspecified atom stereocenters. The van der Waals surface area contributed by atoms with Crippen molar-refractivity contribution in [3.05, 3.63) is 47.8 Å². The Morgan fingerprint density at radius 3 is 2.42 bits per heavy atom. The molecule has 1 aliphatic carbocycles. The molecular formula is C20H29N3O2S. The fourth-order valence-electron chi connectivity index (χ4n) is 3.50. The minimum absolute atomic E-state index is 0.323. The van der Waals surface area contributed by atoms with Gasteiger partial charge in [-0.15, -0.1) is 0 Å². The Balaban J connectivity index is 1.80. The average Bonchev–Trinajstić information content (AvgIpc) is 3.25. The maximum atomic E-state index is 13.0. The molecule has 0 aliphatic heterocycles. The van der Waals surface area contributed by atoms with Crippen molar-refractivity contribution in [2.24, 2.45) is 0 Å². The Labute approximate surface area is 156 Å². The Morgan fingerprint density at radius 2 is 1.81 bits per heavy atom. The second-order valence-electron chi connectivity index (χ2n) is 8.14. The van der Waals surface area contributed by atoms with E-state index in [0.29, 0.717) is 29.6 Å². The molecule has 2 aromatic rings. The van der Waals surface area contributed by atoms with Crippen LogP contribution in [0.2, 0.25) is 0 Å². The van der Waals surface area contributed by atoms with E-state index < -0.39 is 10.0 Å². The third-order valence-electron chi connectivity index (χ3n) is 4.95. The van der Waals surface area contributed by atoms with E-state index in [1.165, 1.54) is 12.8 Å². The quantitative estimate of drug-likeness (QED) is 0.835. The van der Waals surface area contributed by atoms with E-state index >= 15 is 0 Å². The summed E-state index contributed by atoms with van der Waals surface area (Å²) < 4.78 is 30.6. The molecule has 1 aromatic carbocycles. The molecule has 1 fully saturated rings. The number of hydrogen-bond acceptors (Lipinski definition) is 3. The molecule has 1 aliphatic rings. The molecule has 0 bridgehead atoms. The van der Waals surface area contributed by atoms with Crippen molar-refractivity contribution in [2.45, 2.75) is 69.2 Å². The Bertz CT molecular complexity index is 830. The highest BCUT2D eigenvalue weighted by Gasteiger charge is 2.31. The van der Waals surface area contributed by atoms with Gasteiger partial charge in [-0.3, -0.25) is 4.68 Å². The van der Waals surface area contributed by atoms with Gasteiger partial charge < -0.3 is 0 Å². The van der Waals surface area contributed by atoms with E-state index in [2.05, 4.69) is 4.72 Å². The van der Waals surface area contributed by atoms with Crippen LogP contribution in [-0.4, -0.2) is 24.7 Å². The lowest BCUT2D eigenvalue weighted by atomic mass is 9.92. The summed E-state index contributed by atoms with van der Waals surface area (Å²) in [5.41, 5.74) is 1.44. The van der Waals surface area contributed by atoms with Gasteiger partial charge in [0, 0.05) is 18.2 Å². The summed E-state index contributed by atoms with van der Waals surface area (Å²) in [6.07, 6.45) is 6.93. The lowest BCUT2D eigenvalue weighted by Crippen LogP contribution is -2.28. The summed E-state index contributed by atoms with van der Waals surface area (Å²) in [6.45, 7) is 6.41. The van der Waals surface area contributed by atoms with Gasteiger partial charge in [-0.25, -0.2) is 13.1 Å². The number of nitrogens with zero attached hydrogens (tertiary/aromatic N) is 2. The van der Waals surface area contributed by atoms with E-state index in [4.69, 9.17) is 5.10 Å². The molecule has 26 heavy (non-hydrogen) atoms. The molecule has 0 amide bonds. The zero-order valence-electron chi connectivity index (χ0n) is 15.9. The van der Waals surface area contributed by atoms with Gasteiger partial charge in [0.25, 0.3) is 0 Å². The van der Waals surface area contributed by atoms with E-state index in [9.17, 15) is 8.42 Å². The average molecular weight is 376 g/mol. The van der Waals surface area contributed by atoms with Gasteiger partial charge in [0.05, 0.1) is 11.7 Å². The zero-order valence-corrected chi connectivity index (χ0v) is 16.7. The van der Waals surface area contributed by atoms with E-state index in [0.717, 1.165) is 18.4 Å². The van der Waals surface area contributed by atoms with E-state index in [1.54, 1.807) is 6.20 Å². The summed E-state index contributed by atoms with van der Waals surface area (Å²) in [5.74, 6) is 0. The largest absolute Gasteiger partial charge is 0.268 e. The smallest absolute Gasteiger partial charge is 0.244 e. The number of hydrogen-bond donors (Lipinski definition) is 1. The lowest BCUT2D eigenvalue weighted by Gasteiger charge is -2.18. The van der Waals surface area contributed by atoms with Gasteiger partial charge in [0.1, 0.15) is 4.90 Å². The van der Waals surface area contributed by atoms with Crippen LogP contribution in [-0.2, 0) is 21.9 Å². The summed E-state index contributed by atoms with van der Waals surface area (Å²) in [5, 5.41) is 4.69. The Morgan fingerprint density at radius 1 is 1.15 bits per heavy atom. The normalized spacial score (nSPS) is 16.3. The number of aromatic nitrogens is 2. The predicted molar refractivity (Wildman–Crippen MR) is 104 cm³/mol. The third-order valence-corrected chi connectivity index (χ3v) is 6.41. The standard InChI is InChI=1S/C20H29N3O2S/c1-20(2,3)19-18(15-23(22-19)17-11-7-8-12-17)26(24,25)21-14-13-16-9-5-4-6-10-16/h4-6,9-10,15,17,21H,7-8,11-14H2,1-3H3. The van der Waals surface area contributed by atoms with Crippen molar-refractivity contribution in [1.29, 1.82) is 0 Å². The molecule has 1 N–H and O–H groups in total. The molecular weight excluding hydrogens is 346 g/mol. The van der Waals surface area contributed by atoms with Crippen molar-refractivity contribution in [2.75, 3.05) is 6.54 Å². The van der Waals surface area contributed by atoms with E-state index in [-0.39, 0.29) is 5.41 Å². The molecule has 0 saturated heterocycles. The summed E-state index contributed by atoms with van der Waals surface area (Å²) in [4.78, 5) is 0.324. The van der Waals surface area contributed by atoms with Gasteiger partial charge in [-0.1, -0.05) is 63.9 Å². The molecule has 6 heteroatoms. The summed E-state index contributed by atoms with van der Waals surface area (Å²) in [6, 6.07) is 10.2. The van der Waals surface area contributed by atoms with Crippen LogP contribution in [0.15, 0.2) is 41.4 Å². The van der Waals surface area contributed by atoms with Gasteiger partial charge in [-0.2, -0.15) is 5.10 Å².